The van der Waals surface area contributed by atoms with Crippen molar-refractivity contribution in [3.63, 3.8) is 0 Å². The van der Waals surface area contributed by atoms with Crippen molar-refractivity contribution in [3.05, 3.63) is 96.2 Å². The van der Waals surface area contributed by atoms with E-state index in [0.29, 0.717) is 19.0 Å². The van der Waals surface area contributed by atoms with E-state index in [1.807, 2.05) is 42.3 Å². The summed E-state index contributed by atoms with van der Waals surface area (Å²) in [7, 11) is -0.0623. The molecule has 0 radical (unpaired) electrons. The van der Waals surface area contributed by atoms with Crippen LogP contribution in [0.1, 0.15) is 11.1 Å². The fraction of sp³-hybridized carbons (Fsp3) is 0.344. The molecule has 0 aliphatic carbocycles. The Bertz CT molecular complexity index is 1670. The first-order chi connectivity index (χ1) is 21.6. The molecule has 0 spiro atoms. The highest BCUT2D eigenvalue weighted by molar-refractivity contribution is 7.91. The van der Waals surface area contributed by atoms with Crippen molar-refractivity contribution in [3.8, 4) is 5.75 Å². The quantitative estimate of drug-likeness (QED) is 0.420. The van der Waals surface area contributed by atoms with Gasteiger partial charge in [-0.05, 0) is 66.4 Å². The van der Waals surface area contributed by atoms with Crippen LogP contribution in [0.5, 0.6) is 5.75 Å². The number of para-hydroxylation sites is 2. The van der Waals surface area contributed by atoms with E-state index in [9.17, 15) is 22.5 Å². The zero-order chi connectivity index (χ0) is 31.8. The molecule has 3 aliphatic heterocycles. The molecule has 3 aliphatic rings. The fourth-order valence-corrected chi connectivity index (χ4v) is 7.86. The maximum Gasteiger partial charge on any atom is 0.573 e. The number of benzene rings is 3. The van der Waals surface area contributed by atoms with Crippen LogP contribution in [0.25, 0.3) is 0 Å². The van der Waals surface area contributed by atoms with Crippen LogP contribution >= 0.6 is 0 Å². The van der Waals surface area contributed by atoms with Gasteiger partial charge in [-0.25, -0.2) is 18.3 Å². The Balaban J connectivity index is 1.40. The molecule has 3 aromatic carbocycles. The van der Waals surface area contributed by atoms with Gasteiger partial charge in [0, 0.05) is 51.3 Å². The molecule has 6 rings (SSSR count). The Labute approximate surface area is 260 Å². The maximum atomic E-state index is 14.3. The third kappa shape index (κ3) is 6.37. The van der Waals surface area contributed by atoms with Crippen molar-refractivity contribution in [1.29, 1.82) is 0 Å². The lowest BCUT2D eigenvalue weighted by atomic mass is 9.94. The van der Waals surface area contributed by atoms with Crippen LogP contribution in [0.4, 0.5) is 24.5 Å². The van der Waals surface area contributed by atoms with E-state index in [1.54, 1.807) is 6.20 Å². The molecule has 0 aromatic heterocycles. The van der Waals surface area contributed by atoms with Crippen molar-refractivity contribution < 1.29 is 27.2 Å². The van der Waals surface area contributed by atoms with Gasteiger partial charge in [-0.2, -0.15) is 0 Å². The van der Waals surface area contributed by atoms with Crippen molar-refractivity contribution >= 4 is 27.2 Å². The summed E-state index contributed by atoms with van der Waals surface area (Å²) in [4.78, 5) is 11.1. The Morgan fingerprint density at radius 2 is 1.60 bits per heavy atom. The number of ether oxygens (including phenoxy) is 1. The normalized spacial score (nSPS) is 22.9. The molecular weight excluding hydrogens is 605 g/mol. The SMILES string of the molecule is CN=S(=O)(NC1CN(C2=NC=CCN2C)CC(N2c3ccccc3CCc3ccccc32)C1O)c1ccc(OC(F)(F)F)cc1. The predicted octanol–water partition coefficient (Wildman–Crippen LogP) is 4.71. The monoisotopic (exact) mass is 640 g/mol. The highest BCUT2D eigenvalue weighted by atomic mass is 32.2. The summed E-state index contributed by atoms with van der Waals surface area (Å²) in [6.07, 6.45) is -0.491. The Morgan fingerprint density at radius 1 is 0.978 bits per heavy atom. The summed E-state index contributed by atoms with van der Waals surface area (Å²) in [5, 5.41) is 12.2. The molecule has 4 unspecified atom stereocenters. The molecule has 238 valence electrons. The van der Waals surface area contributed by atoms with E-state index in [1.165, 1.54) is 19.2 Å². The first kappa shape index (κ1) is 30.9. The standard InChI is InChI=1S/C32H35F3N6O3S/c1-36-45(43,25-16-14-24(15-17-25)44-32(33,34)35)38-26-20-40(31-37-18-7-19-39(31)2)21-29(30(26)42)41-27-10-5-3-8-22(27)12-13-23-9-4-6-11-28(23)41/h3-11,14-18,26,29-30,42H,12-13,19-21H2,1-2H3,(H,36,38,43). The number of piperidine rings is 1. The lowest BCUT2D eigenvalue weighted by molar-refractivity contribution is -0.274. The predicted molar refractivity (Wildman–Crippen MR) is 168 cm³/mol. The molecule has 0 amide bonds. The summed E-state index contributed by atoms with van der Waals surface area (Å²) in [5.74, 6) is 0.282. The van der Waals surface area contributed by atoms with Gasteiger partial charge in [0.1, 0.15) is 15.7 Å². The van der Waals surface area contributed by atoms with Crippen LogP contribution in [-0.2, 0) is 22.8 Å². The summed E-state index contributed by atoms with van der Waals surface area (Å²) < 4.78 is 63.8. The summed E-state index contributed by atoms with van der Waals surface area (Å²) in [5.41, 5.74) is 4.30. The third-order valence-corrected chi connectivity index (χ3v) is 10.4. The molecule has 3 heterocycles. The number of hydrogen-bond donors (Lipinski definition) is 2. The molecule has 9 nitrogen and oxygen atoms in total. The van der Waals surface area contributed by atoms with E-state index < -0.39 is 40.2 Å². The van der Waals surface area contributed by atoms with Crippen LogP contribution in [0.2, 0.25) is 0 Å². The van der Waals surface area contributed by atoms with Crippen molar-refractivity contribution in [2.45, 2.75) is 42.3 Å². The van der Waals surface area contributed by atoms with Gasteiger partial charge in [-0.1, -0.05) is 36.4 Å². The lowest BCUT2D eigenvalue weighted by Crippen LogP contribution is -2.67. The number of rotatable bonds is 5. The minimum atomic E-state index is -4.85. The van der Waals surface area contributed by atoms with Crippen molar-refractivity contribution in [1.82, 2.24) is 14.5 Å². The van der Waals surface area contributed by atoms with Gasteiger partial charge in [-0.3, -0.25) is 0 Å². The summed E-state index contributed by atoms with van der Waals surface area (Å²) in [6, 6.07) is 19.9. The Kier molecular flexibility index (Phi) is 8.51. The molecule has 2 N–H and O–H groups in total. The van der Waals surface area contributed by atoms with Gasteiger partial charge < -0.3 is 24.5 Å². The molecular formula is C32H35F3N6O3S. The van der Waals surface area contributed by atoms with Gasteiger partial charge in [0.05, 0.1) is 23.1 Å². The number of aliphatic hydroxyl groups is 1. The Hall–Kier alpha value is -4.07. The molecule has 3 aromatic rings. The van der Waals surface area contributed by atoms with E-state index in [-0.39, 0.29) is 11.4 Å². The van der Waals surface area contributed by atoms with Gasteiger partial charge in [0.2, 0.25) is 5.96 Å². The molecule has 1 saturated heterocycles. The van der Waals surface area contributed by atoms with Gasteiger partial charge in [-0.15, -0.1) is 13.2 Å². The number of aryl methyl sites for hydroxylation is 2. The number of aliphatic hydroxyl groups excluding tert-OH is 1. The number of guanidine groups is 1. The van der Waals surface area contributed by atoms with E-state index in [4.69, 9.17) is 0 Å². The highest BCUT2D eigenvalue weighted by Crippen LogP contribution is 2.40. The molecule has 1 fully saturated rings. The average Bonchev–Trinajstić information content (AvgIpc) is 3.19. The van der Waals surface area contributed by atoms with Crippen LogP contribution < -0.4 is 14.4 Å². The molecule has 45 heavy (non-hydrogen) atoms. The summed E-state index contributed by atoms with van der Waals surface area (Å²) in [6.45, 7) is 1.34. The first-order valence-corrected chi connectivity index (χ1v) is 16.2. The molecule has 13 heteroatoms. The largest absolute Gasteiger partial charge is 0.573 e. The smallest absolute Gasteiger partial charge is 0.406 e. The lowest BCUT2D eigenvalue weighted by Gasteiger charge is -2.49. The van der Waals surface area contributed by atoms with Crippen molar-refractivity contribution in [2.24, 2.45) is 9.36 Å². The van der Waals surface area contributed by atoms with Gasteiger partial charge >= 0.3 is 6.36 Å². The van der Waals surface area contributed by atoms with Crippen LogP contribution in [0.3, 0.4) is 0 Å². The molecule has 0 bridgehead atoms. The maximum absolute atomic E-state index is 14.3. The number of nitrogens with one attached hydrogen (secondary N) is 1. The van der Waals surface area contributed by atoms with Crippen LogP contribution in [-0.4, -0.2) is 83.4 Å². The molecule has 4 atom stereocenters. The second kappa shape index (κ2) is 12.4. The number of likely N-dealkylation sites (tertiary alicyclic amines) is 1. The number of alkyl halides is 3. The first-order valence-electron chi connectivity index (χ1n) is 14.7. The van der Waals surface area contributed by atoms with E-state index in [2.05, 4.69) is 52.9 Å². The van der Waals surface area contributed by atoms with Crippen LogP contribution in [0.15, 0.2) is 99.3 Å². The number of nitrogens with zero attached hydrogens (tertiary/aromatic N) is 5. The van der Waals surface area contributed by atoms with Crippen LogP contribution in [0, 0.1) is 0 Å². The number of likely N-dealkylation sites (N-methyl/N-ethyl adjacent to an activating group) is 1. The van der Waals surface area contributed by atoms with Gasteiger partial charge in [0.15, 0.2) is 0 Å². The third-order valence-electron chi connectivity index (χ3n) is 8.37. The minimum absolute atomic E-state index is 0.168. The van der Waals surface area contributed by atoms with E-state index in [0.717, 1.165) is 47.5 Å². The van der Waals surface area contributed by atoms with Crippen molar-refractivity contribution in [2.75, 3.05) is 38.6 Å². The number of anilines is 2. The average molecular weight is 641 g/mol. The second-order valence-electron chi connectivity index (χ2n) is 11.2. The Morgan fingerprint density at radius 3 is 2.18 bits per heavy atom. The topological polar surface area (TPSA) is 93.0 Å². The number of halogens is 3. The zero-order valence-electron chi connectivity index (χ0n) is 24.9. The second-order valence-corrected chi connectivity index (χ2v) is 13.4. The number of fused-ring (bicyclic) bond motifs is 2. The fourth-order valence-electron chi connectivity index (χ4n) is 6.28. The minimum Gasteiger partial charge on any atom is -0.406 e. The number of aliphatic imine (C=N–C) groups is 1. The molecule has 0 saturated carbocycles. The summed E-state index contributed by atoms with van der Waals surface area (Å²) >= 11 is 0. The highest BCUT2D eigenvalue weighted by Gasteiger charge is 2.44. The number of hydrogen-bond acceptors (Lipinski definition) is 8. The van der Waals surface area contributed by atoms with Gasteiger partial charge in [0.25, 0.3) is 0 Å². The zero-order valence-corrected chi connectivity index (χ0v) is 25.7. The van der Waals surface area contributed by atoms with E-state index >= 15 is 0 Å².